The van der Waals surface area contributed by atoms with E-state index in [1.807, 2.05) is 29.8 Å². The van der Waals surface area contributed by atoms with E-state index in [-0.39, 0.29) is 5.91 Å². The van der Waals surface area contributed by atoms with E-state index in [1.165, 1.54) is 0 Å². The Labute approximate surface area is 149 Å². The van der Waals surface area contributed by atoms with E-state index in [0.29, 0.717) is 23.1 Å². The largest absolute Gasteiger partial charge is 0.319 e. The van der Waals surface area contributed by atoms with Crippen molar-refractivity contribution in [2.75, 3.05) is 18.4 Å². The molecule has 1 aliphatic rings. The monoisotopic (exact) mass is 354 g/mol. The molecule has 1 fully saturated rings. The van der Waals surface area contributed by atoms with Gasteiger partial charge in [-0.3, -0.25) is 4.79 Å². The number of aromatic nitrogens is 4. The maximum absolute atomic E-state index is 12.4. The van der Waals surface area contributed by atoms with E-state index in [0.717, 1.165) is 30.9 Å². The molecule has 0 aromatic carbocycles. The number of nitrogens with zero attached hydrogens (tertiary/aromatic N) is 4. The third-order valence-electron chi connectivity index (χ3n) is 4.19. The molecule has 0 spiro atoms. The quantitative estimate of drug-likeness (QED) is 0.752. The van der Waals surface area contributed by atoms with Crippen molar-refractivity contribution in [3.8, 4) is 5.82 Å². The zero-order valence-electron chi connectivity index (χ0n) is 13.6. The van der Waals surface area contributed by atoms with E-state index < -0.39 is 0 Å². The molecule has 1 amide bonds. The van der Waals surface area contributed by atoms with Crippen LogP contribution in [0.5, 0.6) is 0 Å². The molecule has 25 heavy (non-hydrogen) atoms. The molecule has 1 saturated heterocycles. The molecule has 7 nitrogen and oxygen atoms in total. The second-order valence-corrected chi connectivity index (χ2v) is 6.79. The Morgan fingerprint density at radius 3 is 2.92 bits per heavy atom. The van der Waals surface area contributed by atoms with Crippen molar-refractivity contribution in [1.82, 2.24) is 25.1 Å². The number of piperidine rings is 1. The second-order valence-electron chi connectivity index (χ2n) is 5.91. The standard InChI is InChI=1S/C17H18N6OS/c24-16(14-11-25-17(22-14)12-4-7-18-8-5-12)21-13-2-3-15(19-10-13)23-9-1-6-20-23/h1-3,6,9-12,18H,4-5,7-8H2,(H,21,24). The number of hydrogen-bond donors (Lipinski definition) is 2. The summed E-state index contributed by atoms with van der Waals surface area (Å²) in [5.41, 5.74) is 1.10. The fraction of sp³-hybridized carbons (Fsp3) is 0.294. The summed E-state index contributed by atoms with van der Waals surface area (Å²) in [6.07, 6.45) is 7.29. The van der Waals surface area contributed by atoms with Gasteiger partial charge < -0.3 is 10.6 Å². The van der Waals surface area contributed by atoms with E-state index in [4.69, 9.17) is 0 Å². The van der Waals surface area contributed by atoms with Crippen LogP contribution in [0.3, 0.4) is 0 Å². The summed E-state index contributed by atoms with van der Waals surface area (Å²) in [4.78, 5) is 21.2. The van der Waals surface area contributed by atoms with Crippen LogP contribution in [0.1, 0.15) is 34.3 Å². The number of carbonyl (C=O) groups excluding carboxylic acids is 1. The number of anilines is 1. The molecule has 8 heteroatoms. The van der Waals surface area contributed by atoms with E-state index >= 15 is 0 Å². The summed E-state index contributed by atoms with van der Waals surface area (Å²) in [5.74, 6) is 0.956. The van der Waals surface area contributed by atoms with Crippen molar-refractivity contribution >= 4 is 22.9 Å². The molecule has 128 valence electrons. The summed E-state index contributed by atoms with van der Waals surface area (Å²) in [7, 11) is 0. The Morgan fingerprint density at radius 2 is 2.20 bits per heavy atom. The van der Waals surface area contributed by atoms with Crippen LogP contribution in [-0.4, -0.2) is 38.7 Å². The first kappa shape index (κ1) is 15.9. The smallest absolute Gasteiger partial charge is 0.275 e. The van der Waals surface area contributed by atoms with E-state index in [2.05, 4.69) is 25.7 Å². The van der Waals surface area contributed by atoms with Crippen LogP contribution in [0.4, 0.5) is 5.69 Å². The van der Waals surface area contributed by atoms with E-state index in [1.54, 1.807) is 28.4 Å². The molecule has 3 aromatic heterocycles. The fourth-order valence-corrected chi connectivity index (χ4v) is 3.81. The zero-order chi connectivity index (χ0) is 17.1. The Hall–Kier alpha value is -2.58. The number of pyridine rings is 1. The van der Waals surface area contributed by atoms with Crippen molar-refractivity contribution in [2.24, 2.45) is 0 Å². The Kier molecular flexibility index (Phi) is 4.53. The minimum Gasteiger partial charge on any atom is -0.319 e. The van der Waals surface area contributed by atoms with Crippen LogP contribution >= 0.6 is 11.3 Å². The molecular formula is C17H18N6OS. The van der Waals surface area contributed by atoms with Crippen molar-refractivity contribution in [1.29, 1.82) is 0 Å². The second kappa shape index (κ2) is 7.12. The van der Waals surface area contributed by atoms with Gasteiger partial charge >= 0.3 is 0 Å². The minimum atomic E-state index is -0.204. The highest BCUT2D eigenvalue weighted by Gasteiger charge is 2.20. The molecule has 0 unspecified atom stereocenters. The van der Waals surface area contributed by atoms with Crippen molar-refractivity contribution in [3.05, 3.63) is 52.9 Å². The van der Waals surface area contributed by atoms with Crippen LogP contribution in [0, 0.1) is 0 Å². The number of amides is 1. The van der Waals surface area contributed by atoms with Gasteiger partial charge in [0.2, 0.25) is 0 Å². The molecule has 2 N–H and O–H groups in total. The van der Waals surface area contributed by atoms with Crippen LogP contribution in [0.25, 0.3) is 5.82 Å². The average molecular weight is 354 g/mol. The number of nitrogens with one attached hydrogen (secondary N) is 2. The SMILES string of the molecule is O=C(Nc1ccc(-n2cccn2)nc1)c1csc(C2CCNCC2)n1. The van der Waals surface area contributed by atoms with Crippen LogP contribution < -0.4 is 10.6 Å². The maximum atomic E-state index is 12.4. The number of carbonyl (C=O) groups is 1. The van der Waals surface area contributed by atoms with Crippen molar-refractivity contribution < 1.29 is 4.79 Å². The summed E-state index contributed by atoms with van der Waals surface area (Å²) in [6.45, 7) is 2.03. The Balaban J connectivity index is 1.42. The van der Waals surface area contributed by atoms with Crippen LogP contribution in [0.2, 0.25) is 0 Å². The van der Waals surface area contributed by atoms with E-state index in [9.17, 15) is 4.79 Å². The molecular weight excluding hydrogens is 336 g/mol. The molecule has 0 radical (unpaired) electrons. The summed E-state index contributed by atoms with van der Waals surface area (Å²) >= 11 is 1.57. The van der Waals surface area contributed by atoms with Gasteiger partial charge in [-0.25, -0.2) is 14.6 Å². The summed E-state index contributed by atoms with van der Waals surface area (Å²) in [6, 6.07) is 5.45. The van der Waals surface area contributed by atoms with Gasteiger partial charge in [-0.15, -0.1) is 11.3 Å². The molecule has 4 rings (SSSR count). The molecule has 3 aromatic rings. The topological polar surface area (TPSA) is 84.7 Å². The first-order valence-corrected chi connectivity index (χ1v) is 9.11. The maximum Gasteiger partial charge on any atom is 0.275 e. The first-order chi connectivity index (χ1) is 12.3. The van der Waals surface area contributed by atoms with Gasteiger partial charge in [0.05, 0.1) is 16.9 Å². The molecule has 4 heterocycles. The van der Waals surface area contributed by atoms with Gasteiger partial charge in [-0.05, 0) is 44.1 Å². The molecule has 0 aliphatic carbocycles. The van der Waals surface area contributed by atoms with Crippen molar-refractivity contribution in [3.63, 3.8) is 0 Å². The lowest BCUT2D eigenvalue weighted by Gasteiger charge is -2.20. The lowest BCUT2D eigenvalue weighted by molar-refractivity contribution is 0.102. The van der Waals surface area contributed by atoms with Gasteiger partial charge in [-0.1, -0.05) is 0 Å². The van der Waals surface area contributed by atoms with Gasteiger partial charge in [0.1, 0.15) is 5.69 Å². The predicted molar refractivity (Wildman–Crippen MR) is 96.3 cm³/mol. The normalized spacial score (nSPS) is 15.2. The number of rotatable bonds is 4. The van der Waals surface area contributed by atoms with Crippen molar-refractivity contribution in [2.45, 2.75) is 18.8 Å². The molecule has 1 aliphatic heterocycles. The highest BCUT2D eigenvalue weighted by Crippen LogP contribution is 2.28. The minimum absolute atomic E-state index is 0.204. The number of hydrogen-bond acceptors (Lipinski definition) is 6. The lowest BCUT2D eigenvalue weighted by Crippen LogP contribution is -2.26. The third-order valence-corrected chi connectivity index (χ3v) is 5.20. The average Bonchev–Trinajstić information content (AvgIpc) is 3.35. The van der Waals surface area contributed by atoms with Gasteiger partial charge in [0, 0.05) is 23.7 Å². The lowest BCUT2D eigenvalue weighted by atomic mass is 9.99. The zero-order valence-corrected chi connectivity index (χ0v) is 14.4. The Morgan fingerprint density at radius 1 is 1.32 bits per heavy atom. The number of thiazole rings is 1. The highest BCUT2D eigenvalue weighted by molar-refractivity contribution is 7.09. The van der Waals surface area contributed by atoms with Gasteiger partial charge in [0.15, 0.2) is 5.82 Å². The summed E-state index contributed by atoms with van der Waals surface area (Å²) < 4.78 is 1.66. The van der Waals surface area contributed by atoms with Crippen LogP contribution in [-0.2, 0) is 0 Å². The predicted octanol–water partition coefficient (Wildman–Crippen LogP) is 2.44. The Bertz CT molecular complexity index is 836. The van der Waals surface area contributed by atoms with Crippen LogP contribution in [0.15, 0.2) is 42.2 Å². The fourth-order valence-electron chi connectivity index (χ4n) is 2.84. The van der Waals surface area contributed by atoms with Gasteiger partial charge in [-0.2, -0.15) is 5.10 Å². The third kappa shape index (κ3) is 3.59. The summed E-state index contributed by atoms with van der Waals surface area (Å²) in [5, 5.41) is 13.2. The molecule has 0 bridgehead atoms. The first-order valence-electron chi connectivity index (χ1n) is 8.23. The highest BCUT2D eigenvalue weighted by atomic mass is 32.1. The molecule has 0 atom stereocenters. The molecule has 0 saturated carbocycles. The van der Waals surface area contributed by atoms with Gasteiger partial charge in [0.25, 0.3) is 5.91 Å².